The molecule has 1 fully saturated rings. The fraction of sp³-hybridized carbons (Fsp3) is 1.00. The Labute approximate surface area is 96.0 Å². The van der Waals surface area contributed by atoms with E-state index in [4.69, 9.17) is 0 Å². The molecular weight excluding hydrogens is 182 g/mol. The fourth-order valence-electron chi connectivity index (χ4n) is 2.77. The molecule has 1 saturated carbocycles. The quantitative estimate of drug-likeness (QED) is 0.604. The van der Waals surface area contributed by atoms with Gasteiger partial charge in [0.15, 0.2) is 0 Å². The van der Waals surface area contributed by atoms with E-state index in [0.29, 0.717) is 0 Å². The lowest BCUT2D eigenvalue weighted by Gasteiger charge is -2.06. The Kier molecular flexibility index (Phi) is 5.66. The lowest BCUT2D eigenvalue weighted by Crippen LogP contribution is -2.18. The van der Waals surface area contributed by atoms with E-state index in [1.54, 1.807) is 0 Å². The molecule has 2 unspecified atom stereocenters. The van der Waals surface area contributed by atoms with Crippen molar-refractivity contribution in [3.8, 4) is 0 Å². The van der Waals surface area contributed by atoms with Gasteiger partial charge in [-0.3, -0.25) is 0 Å². The number of hydrogen-bond acceptors (Lipinski definition) is 1. The predicted octanol–water partition coefficient (Wildman–Crippen LogP) is 3.69. The van der Waals surface area contributed by atoms with Crippen molar-refractivity contribution in [1.82, 2.24) is 5.32 Å². The van der Waals surface area contributed by atoms with Crippen LogP contribution >= 0.6 is 0 Å². The minimum atomic E-state index is 0.838. The van der Waals surface area contributed by atoms with Gasteiger partial charge in [-0.2, -0.15) is 0 Å². The Bertz CT molecular complexity index is 165. The zero-order chi connectivity index (χ0) is 11.3. The molecule has 1 aliphatic carbocycles. The molecule has 0 saturated heterocycles. The summed E-state index contributed by atoms with van der Waals surface area (Å²) in [4.78, 5) is 0. The molecule has 15 heavy (non-hydrogen) atoms. The topological polar surface area (TPSA) is 12.0 Å². The smallest absolute Gasteiger partial charge is 0.00465 e. The average molecular weight is 211 g/mol. The first-order valence-electron chi connectivity index (χ1n) is 6.87. The second-order valence-corrected chi connectivity index (χ2v) is 5.67. The van der Waals surface area contributed by atoms with Crippen LogP contribution in [-0.4, -0.2) is 13.1 Å². The molecule has 0 aromatic rings. The zero-order valence-corrected chi connectivity index (χ0v) is 11.1. The molecule has 3 atom stereocenters. The van der Waals surface area contributed by atoms with Crippen LogP contribution in [-0.2, 0) is 0 Å². The molecule has 90 valence electrons. The Morgan fingerprint density at radius 1 is 1.13 bits per heavy atom. The maximum atomic E-state index is 3.55. The van der Waals surface area contributed by atoms with Crippen molar-refractivity contribution in [3.63, 3.8) is 0 Å². The predicted molar refractivity (Wildman–Crippen MR) is 68.0 cm³/mol. The van der Waals surface area contributed by atoms with Crippen LogP contribution < -0.4 is 5.32 Å². The van der Waals surface area contributed by atoms with Gasteiger partial charge in [0.25, 0.3) is 0 Å². The summed E-state index contributed by atoms with van der Waals surface area (Å²) in [6.07, 6.45) is 5.54. The molecule has 0 aliphatic heterocycles. The summed E-state index contributed by atoms with van der Waals surface area (Å²) in [7, 11) is 0. The lowest BCUT2D eigenvalue weighted by atomic mass is 10.1. The normalized spacial score (nSPS) is 29.8. The Hall–Kier alpha value is -0.0400. The van der Waals surface area contributed by atoms with E-state index in [-0.39, 0.29) is 0 Å². The van der Waals surface area contributed by atoms with Crippen molar-refractivity contribution in [2.45, 2.75) is 53.4 Å². The van der Waals surface area contributed by atoms with E-state index < -0.39 is 0 Å². The van der Waals surface area contributed by atoms with Crippen molar-refractivity contribution in [3.05, 3.63) is 0 Å². The van der Waals surface area contributed by atoms with Crippen LogP contribution in [0.3, 0.4) is 0 Å². The highest BCUT2D eigenvalue weighted by atomic mass is 14.8. The van der Waals surface area contributed by atoms with E-state index in [1.807, 2.05) is 0 Å². The van der Waals surface area contributed by atoms with Gasteiger partial charge in [0, 0.05) is 0 Å². The number of nitrogens with one attached hydrogen (secondary N) is 1. The van der Waals surface area contributed by atoms with Gasteiger partial charge >= 0.3 is 0 Å². The minimum Gasteiger partial charge on any atom is -0.317 e. The van der Waals surface area contributed by atoms with E-state index in [9.17, 15) is 0 Å². The first-order chi connectivity index (χ1) is 7.16. The Morgan fingerprint density at radius 3 is 2.40 bits per heavy atom. The molecule has 0 spiro atoms. The van der Waals surface area contributed by atoms with Crippen LogP contribution in [0.1, 0.15) is 53.4 Å². The summed E-state index contributed by atoms with van der Waals surface area (Å²) in [5.74, 6) is 3.97. The van der Waals surface area contributed by atoms with Crippen molar-refractivity contribution >= 4 is 0 Å². The summed E-state index contributed by atoms with van der Waals surface area (Å²) in [5, 5.41) is 3.55. The van der Waals surface area contributed by atoms with Crippen LogP contribution in [0.2, 0.25) is 0 Å². The highest BCUT2D eigenvalue weighted by molar-refractivity contribution is 4.92. The molecule has 1 N–H and O–H groups in total. The second kappa shape index (κ2) is 6.52. The zero-order valence-electron chi connectivity index (χ0n) is 11.1. The molecular formula is C14H29N. The summed E-state index contributed by atoms with van der Waals surface area (Å²) in [6.45, 7) is 11.8. The Balaban J connectivity index is 1.86. The first kappa shape index (κ1) is 13.0. The van der Waals surface area contributed by atoms with Gasteiger partial charge < -0.3 is 5.32 Å². The maximum absolute atomic E-state index is 3.55. The van der Waals surface area contributed by atoms with Crippen LogP contribution in [0, 0.1) is 23.7 Å². The molecule has 0 aromatic carbocycles. The lowest BCUT2D eigenvalue weighted by molar-refractivity contribution is 0.512. The third-order valence-corrected chi connectivity index (χ3v) is 4.02. The van der Waals surface area contributed by atoms with Crippen LogP contribution in [0.25, 0.3) is 0 Å². The van der Waals surface area contributed by atoms with Crippen molar-refractivity contribution in [2.24, 2.45) is 23.7 Å². The highest BCUT2D eigenvalue weighted by Gasteiger charge is 2.43. The second-order valence-electron chi connectivity index (χ2n) is 5.67. The highest BCUT2D eigenvalue weighted by Crippen LogP contribution is 2.50. The number of hydrogen-bond donors (Lipinski definition) is 1. The fourth-order valence-corrected chi connectivity index (χ4v) is 2.77. The standard InChI is InChI=1S/C14H29N/c1-5-13-12(4)14(13)7-6-9-15-10-8-11(2)3/h11-15H,5-10H2,1-4H3/t12-,13?,14?/m0/s1. The molecule has 1 heteroatoms. The number of rotatable bonds is 8. The van der Waals surface area contributed by atoms with Gasteiger partial charge in [0.2, 0.25) is 0 Å². The van der Waals surface area contributed by atoms with E-state index in [1.165, 1.54) is 38.8 Å². The molecule has 1 rings (SSSR count). The molecule has 0 heterocycles. The van der Waals surface area contributed by atoms with Crippen LogP contribution in [0.5, 0.6) is 0 Å². The Morgan fingerprint density at radius 2 is 1.87 bits per heavy atom. The van der Waals surface area contributed by atoms with Crippen molar-refractivity contribution in [1.29, 1.82) is 0 Å². The van der Waals surface area contributed by atoms with Crippen LogP contribution in [0.4, 0.5) is 0 Å². The molecule has 0 aromatic heterocycles. The van der Waals surface area contributed by atoms with Gasteiger partial charge in [-0.05, 0) is 56.0 Å². The molecule has 0 amide bonds. The van der Waals surface area contributed by atoms with Gasteiger partial charge in [-0.1, -0.05) is 34.1 Å². The van der Waals surface area contributed by atoms with Gasteiger partial charge in [-0.15, -0.1) is 0 Å². The van der Waals surface area contributed by atoms with Gasteiger partial charge in [0.1, 0.15) is 0 Å². The van der Waals surface area contributed by atoms with Gasteiger partial charge in [-0.25, -0.2) is 0 Å². The summed E-state index contributed by atoms with van der Waals surface area (Å²) in [6, 6.07) is 0. The molecule has 0 bridgehead atoms. The van der Waals surface area contributed by atoms with E-state index in [0.717, 1.165) is 23.7 Å². The molecule has 1 nitrogen and oxygen atoms in total. The van der Waals surface area contributed by atoms with E-state index >= 15 is 0 Å². The first-order valence-corrected chi connectivity index (χ1v) is 6.87. The van der Waals surface area contributed by atoms with Gasteiger partial charge in [0.05, 0.1) is 0 Å². The summed E-state index contributed by atoms with van der Waals surface area (Å²) in [5.41, 5.74) is 0. The van der Waals surface area contributed by atoms with E-state index in [2.05, 4.69) is 33.0 Å². The summed E-state index contributed by atoms with van der Waals surface area (Å²) < 4.78 is 0. The maximum Gasteiger partial charge on any atom is -0.00465 e. The third-order valence-electron chi connectivity index (χ3n) is 4.02. The van der Waals surface area contributed by atoms with Crippen LogP contribution in [0.15, 0.2) is 0 Å². The SMILES string of the molecule is CCC1C(CCCNCCC(C)C)[C@H]1C. The van der Waals surface area contributed by atoms with Crippen molar-refractivity contribution < 1.29 is 0 Å². The monoisotopic (exact) mass is 211 g/mol. The minimum absolute atomic E-state index is 0.838. The average Bonchev–Trinajstić information content (AvgIpc) is 2.81. The van der Waals surface area contributed by atoms with Crippen molar-refractivity contribution in [2.75, 3.05) is 13.1 Å². The summed E-state index contributed by atoms with van der Waals surface area (Å²) >= 11 is 0. The third kappa shape index (κ3) is 4.55. The molecule has 0 radical (unpaired) electrons. The molecule has 1 aliphatic rings. The largest absolute Gasteiger partial charge is 0.317 e.